The third-order valence-electron chi connectivity index (χ3n) is 2.91. The molecule has 0 saturated carbocycles. The highest BCUT2D eigenvalue weighted by atomic mass is 16.3. The Labute approximate surface area is 86.8 Å². The van der Waals surface area contributed by atoms with Gasteiger partial charge in [0.1, 0.15) is 5.75 Å². The summed E-state index contributed by atoms with van der Waals surface area (Å²) in [7, 11) is 0. The van der Waals surface area contributed by atoms with Crippen molar-refractivity contribution in [3.63, 3.8) is 0 Å². The molecule has 0 bridgehead atoms. The summed E-state index contributed by atoms with van der Waals surface area (Å²) in [5.41, 5.74) is 4.86. The molecule has 0 spiro atoms. The van der Waals surface area contributed by atoms with Gasteiger partial charge < -0.3 is 5.11 Å². The lowest BCUT2D eigenvalue weighted by atomic mass is 9.93. The Morgan fingerprint density at radius 2 is 1.57 bits per heavy atom. The zero-order chi connectivity index (χ0) is 10.7. The monoisotopic (exact) mass is 192 g/mol. The van der Waals surface area contributed by atoms with Crippen molar-refractivity contribution in [2.75, 3.05) is 0 Å². The number of phenols is 1. The highest BCUT2D eigenvalue weighted by molar-refractivity contribution is 5.49. The molecule has 1 nitrogen and oxygen atoms in total. The van der Waals surface area contributed by atoms with Gasteiger partial charge >= 0.3 is 0 Å². The smallest absolute Gasteiger partial charge is 0.122 e. The van der Waals surface area contributed by atoms with Crippen LogP contribution in [0.1, 0.15) is 43.0 Å². The second-order valence-corrected chi connectivity index (χ2v) is 3.72. The van der Waals surface area contributed by atoms with E-state index in [0.717, 1.165) is 30.4 Å². The Hall–Kier alpha value is -0.980. The van der Waals surface area contributed by atoms with E-state index in [9.17, 15) is 5.11 Å². The SMILES string of the molecule is CCc1cc(C)c(CC)c(CC)c1O. The molecule has 0 atom stereocenters. The Bertz CT molecular complexity index is 326. The highest BCUT2D eigenvalue weighted by Gasteiger charge is 2.11. The van der Waals surface area contributed by atoms with Gasteiger partial charge in [-0.3, -0.25) is 0 Å². The van der Waals surface area contributed by atoms with E-state index in [1.165, 1.54) is 11.1 Å². The molecule has 0 saturated heterocycles. The van der Waals surface area contributed by atoms with Crippen LogP contribution >= 0.6 is 0 Å². The zero-order valence-electron chi connectivity index (χ0n) is 9.65. The molecule has 1 heteroatoms. The minimum Gasteiger partial charge on any atom is -0.507 e. The van der Waals surface area contributed by atoms with Crippen molar-refractivity contribution >= 4 is 0 Å². The van der Waals surface area contributed by atoms with Crippen LogP contribution in [0, 0.1) is 6.92 Å². The summed E-state index contributed by atoms with van der Waals surface area (Å²) in [6, 6.07) is 2.12. The number of aromatic hydroxyl groups is 1. The molecule has 1 aromatic rings. The van der Waals surface area contributed by atoms with E-state index in [2.05, 4.69) is 33.8 Å². The second kappa shape index (κ2) is 4.50. The minimum atomic E-state index is 0.525. The highest BCUT2D eigenvalue weighted by Crippen LogP contribution is 2.30. The molecule has 0 heterocycles. The van der Waals surface area contributed by atoms with Gasteiger partial charge in [0, 0.05) is 0 Å². The second-order valence-electron chi connectivity index (χ2n) is 3.72. The molecule has 0 aromatic heterocycles. The molecule has 0 unspecified atom stereocenters. The van der Waals surface area contributed by atoms with Crippen molar-refractivity contribution in [1.82, 2.24) is 0 Å². The van der Waals surface area contributed by atoms with Crippen LogP contribution < -0.4 is 0 Å². The molecular weight excluding hydrogens is 172 g/mol. The van der Waals surface area contributed by atoms with E-state index >= 15 is 0 Å². The van der Waals surface area contributed by atoms with Gasteiger partial charge in [-0.15, -0.1) is 0 Å². The Morgan fingerprint density at radius 3 is 2.00 bits per heavy atom. The molecule has 0 aliphatic heterocycles. The van der Waals surface area contributed by atoms with Crippen LogP contribution in [0.4, 0.5) is 0 Å². The fourth-order valence-electron chi connectivity index (χ4n) is 2.13. The summed E-state index contributed by atoms with van der Waals surface area (Å²) in [6.07, 6.45) is 2.83. The minimum absolute atomic E-state index is 0.525. The average molecular weight is 192 g/mol. The van der Waals surface area contributed by atoms with E-state index < -0.39 is 0 Å². The molecule has 1 aromatic carbocycles. The summed E-state index contributed by atoms with van der Waals surface area (Å²) in [6.45, 7) is 8.47. The summed E-state index contributed by atoms with van der Waals surface area (Å²) < 4.78 is 0. The van der Waals surface area contributed by atoms with Gasteiger partial charge in [0.15, 0.2) is 0 Å². The van der Waals surface area contributed by atoms with Gasteiger partial charge in [-0.25, -0.2) is 0 Å². The maximum absolute atomic E-state index is 10.0. The fraction of sp³-hybridized carbons (Fsp3) is 0.538. The lowest BCUT2D eigenvalue weighted by Gasteiger charge is -2.15. The first kappa shape index (κ1) is 11.1. The van der Waals surface area contributed by atoms with Crippen LogP contribution in [0.15, 0.2) is 6.07 Å². The van der Waals surface area contributed by atoms with Gasteiger partial charge in [0.05, 0.1) is 0 Å². The third kappa shape index (κ3) is 1.77. The predicted octanol–water partition coefficient (Wildman–Crippen LogP) is 3.39. The van der Waals surface area contributed by atoms with Crippen LogP contribution in [0.2, 0.25) is 0 Å². The summed E-state index contributed by atoms with van der Waals surface area (Å²) in [5.74, 6) is 0.525. The quantitative estimate of drug-likeness (QED) is 0.778. The molecule has 1 N–H and O–H groups in total. The van der Waals surface area contributed by atoms with Crippen LogP contribution in [-0.2, 0) is 19.3 Å². The standard InChI is InChI=1S/C13H20O/c1-5-10-8-9(4)11(6-2)12(7-3)13(10)14/h8,14H,5-7H2,1-4H3. The molecule has 1 rings (SSSR count). The molecule has 0 fully saturated rings. The number of benzene rings is 1. The van der Waals surface area contributed by atoms with Gasteiger partial charge in [0.25, 0.3) is 0 Å². The fourth-order valence-corrected chi connectivity index (χ4v) is 2.13. The summed E-state index contributed by atoms with van der Waals surface area (Å²) in [4.78, 5) is 0. The predicted molar refractivity (Wildman–Crippen MR) is 61.0 cm³/mol. The van der Waals surface area contributed by atoms with Crippen LogP contribution in [0.3, 0.4) is 0 Å². The topological polar surface area (TPSA) is 20.2 Å². The van der Waals surface area contributed by atoms with Crippen molar-refractivity contribution in [3.05, 3.63) is 28.3 Å². The third-order valence-corrected chi connectivity index (χ3v) is 2.91. The van der Waals surface area contributed by atoms with E-state index in [-0.39, 0.29) is 0 Å². The first-order valence-corrected chi connectivity index (χ1v) is 5.48. The first-order valence-electron chi connectivity index (χ1n) is 5.48. The maximum atomic E-state index is 10.0. The molecule has 0 aliphatic carbocycles. The average Bonchev–Trinajstić information content (AvgIpc) is 2.20. The van der Waals surface area contributed by atoms with Crippen molar-refractivity contribution < 1.29 is 5.11 Å². The summed E-state index contributed by atoms with van der Waals surface area (Å²) >= 11 is 0. The lowest BCUT2D eigenvalue weighted by Crippen LogP contribution is -1.98. The maximum Gasteiger partial charge on any atom is 0.122 e. The van der Waals surface area contributed by atoms with Crippen molar-refractivity contribution in [2.24, 2.45) is 0 Å². The molecule has 78 valence electrons. The lowest BCUT2D eigenvalue weighted by molar-refractivity contribution is 0.461. The molecule has 0 aliphatic rings. The normalized spacial score (nSPS) is 10.6. The van der Waals surface area contributed by atoms with Crippen molar-refractivity contribution in [1.29, 1.82) is 0 Å². The van der Waals surface area contributed by atoms with E-state index in [0.29, 0.717) is 5.75 Å². The number of hydrogen-bond donors (Lipinski definition) is 1. The molecule has 0 radical (unpaired) electrons. The molecular formula is C13H20O. The summed E-state index contributed by atoms with van der Waals surface area (Å²) in [5, 5.41) is 10.0. The van der Waals surface area contributed by atoms with Gasteiger partial charge in [-0.05, 0) is 48.4 Å². The van der Waals surface area contributed by atoms with Crippen LogP contribution in [-0.4, -0.2) is 5.11 Å². The number of aryl methyl sites for hydroxylation is 2. The van der Waals surface area contributed by atoms with Gasteiger partial charge in [0.2, 0.25) is 0 Å². The Morgan fingerprint density at radius 1 is 1.00 bits per heavy atom. The zero-order valence-corrected chi connectivity index (χ0v) is 9.65. The number of rotatable bonds is 3. The van der Waals surface area contributed by atoms with Crippen molar-refractivity contribution in [3.8, 4) is 5.75 Å². The van der Waals surface area contributed by atoms with E-state index in [1.807, 2.05) is 0 Å². The molecule has 0 amide bonds. The number of phenolic OH excluding ortho intramolecular Hbond substituents is 1. The largest absolute Gasteiger partial charge is 0.507 e. The van der Waals surface area contributed by atoms with Gasteiger partial charge in [-0.2, -0.15) is 0 Å². The Kier molecular flexibility index (Phi) is 3.56. The van der Waals surface area contributed by atoms with E-state index in [1.54, 1.807) is 0 Å². The van der Waals surface area contributed by atoms with E-state index in [4.69, 9.17) is 0 Å². The number of hydrogen-bond acceptors (Lipinski definition) is 1. The van der Waals surface area contributed by atoms with Gasteiger partial charge in [-0.1, -0.05) is 26.8 Å². The van der Waals surface area contributed by atoms with Crippen molar-refractivity contribution in [2.45, 2.75) is 47.0 Å². The molecule has 14 heavy (non-hydrogen) atoms. The Balaban J connectivity index is 3.40. The van der Waals surface area contributed by atoms with Crippen LogP contribution in [0.25, 0.3) is 0 Å². The van der Waals surface area contributed by atoms with Crippen LogP contribution in [0.5, 0.6) is 5.75 Å². The first-order chi connectivity index (χ1) is 6.65.